The van der Waals surface area contributed by atoms with Gasteiger partial charge in [-0.25, -0.2) is 4.79 Å². The van der Waals surface area contributed by atoms with Gasteiger partial charge < -0.3 is 20.3 Å². The zero-order valence-corrected chi connectivity index (χ0v) is 23.5. The Balaban J connectivity index is 1.24. The largest absolute Gasteiger partial charge is 0.450 e. The zero-order chi connectivity index (χ0) is 25.8. The monoisotopic (exact) mass is 503 g/mol. The molecule has 12 atom stereocenters. The van der Waals surface area contributed by atoms with Crippen molar-refractivity contribution in [1.82, 2.24) is 5.32 Å². The molecule has 0 aromatic heterocycles. The Kier molecular flexibility index (Phi) is 7.48. The number of amides is 1. The second-order valence-electron chi connectivity index (χ2n) is 14.3. The third-order valence-electron chi connectivity index (χ3n) is 12.6. The van der Waals surface area contributed by atoms with Crippen LogP contribution < -0.4 is 5.32 Å². The minimum atomic E-state index is -0.256. The molecule has 0 bridgehead atoms. The normalized spacial score (nSPS) is 47.8. The summed E-state index contributed by atoms with van der Waals surface area (Å²) < 4.78 is 5.59. The van der Waals surface area contributed by atoms with Crippen molar-refractivity contribution in [1.29, 1.82) is 0 Å². The highest BCUT2D eigenvalue weighted by atomic mass is 16.5. The first-order valence-corrected chi connectivity index (χ1v) is 15.4. The van der Waals surface area contributed by atoms with Gasteiger partial charge in [0.2, 0.25) is 0 Å². The molecule has 0 aromatic carbocycles. The van der Waals surface area contributed by atoms with Gasteiger partial charge in [-0.05, 0) is 129 Å². The molecule has 3 unspecified atom stereocenters. The van der Waals surface area contributed by atoms with E-state index in [1.54, 1.807) is 0 Å². The summed E-state index contributed by atoms with van der Waals surface area (Å²) in [7, 11) is 0. The fourth-order valence-corrected chi connectivity index (χ4v) is 10.4. The summed E-state index contributed by atoms with van der Waals surface area (Å²) in [5, 5.41) is 25.4. The summed E-state index contributed by atoms with van der Waals surface area (Å²) in [6.45, 7) is 12.2. The number of aliphatic hydroxyl groups excluding tert-OH is 2. The molecule has 0 saturated heterocycles. The molecule has 1 amide bonds. The lowest BCUT2D eigenvalue weighted by Gasteiger charge is -2.64. The number of carbonyl (C=O) groups is 1. The first kappa shape index (κ1) is 26.8. The van der Waals surface area contributed by atoms with Gasteiger partial charge in [0, 0.05) is 6.04 Å². The summed E-state index contributed by atoms with van der Waals surface area (Å²) in [5.41, 5.74) is 0.521. The van der Waals surface area contributed by atoms with Crippen LogP contribution in [-0.4, -0.2) is 41.2 Å². The van der Waals surface area contributed by atoms with Crippen molar-refractivity contribution in [3.63, 3.8) is 0 Å². The van der Waals surface area contributed by atoms with E-state index in [0.717, 1.165) is 32.1 Å². The number of aliphatic hydroxyl groups is 2. The first-order valence-electron chi connectivity index (χ1n) is 15.4. The summed E-state index contributed by atoms with van der Waals surface area (Å²) in [6.07, 6.45) is 11.6. The molecular formula is C31H53NO4. The summed E-state index contributed by atoms with van der Waals surface area (Å²) in [6, 6.07) is 0.224. The second-order valence-corrected chi connectivity index (χ2v) is 14.3. The molecule has 36 heavy (non-hydrogen) atoms. The Morgan fingerprint density at radius 2 is 1.67 bits per heavy atom. The van der Waals surface area contributed by atoms with E-state index in [0.29, 0.717) is 54.0 Å². The van der Waals surface area contributed by atoms with Crippen LogP contribution in [0.3, 0.4) is 0 Å². The maximum Gasteiger partial charge on any atom is 0.407 e. The van der Waals surface area contributed by atoms with Crippen molar-refractivity contribution in [2.45, 2.75) is 123 Å². The molecule has 0 aliphatic heterocycles. The van der Waals surface area contributed by atoms with E-state index in [2.05, 4.69) is 39.9 Å². The van der Waals surface area contributed by atoms with E-state index in [4.69, 9.17) is 4.74 Å². The van der Waals surface area contributed by atoms with Crippen molar-refractivity contribution >= 4 is 6.09 Å². The number of fused-ring (bicyclic) bond motifs is 5. The number of hydrogen-bond donors (Lipinski definition) is 3. The topological polar surface area (TPSA) is 78.8 Å². The minimum Gasteiger partial charge on any atom is -0.450 e. The van der Waals surface area contributed by atoms with Crippen LogP contribution in [0.1, 0.15) is 105 Å². The van der Waals surface area contributed by atoms with Crippen molar-refractivity contribution < 1.29 is 19.7 Å². The van der Waals surface area contributed by atoms with Crippen LogP contribution in [0.25, 0.3) is 0 Å². The second kappa shape index (κ2) is 10.1. The van der Waals surface area contributed by atoms with Crippen LogP contribution in [0.4, 0.5) is 4.79 Å². The van der Waals surface area contributed by atoms with Gasteiger partial charge in [0.15, 0.2) is 0 Å². The van der Waals surface area contributed by atoms with E-state index in [9.17, 15) is 15.0 Å². The molecule has 5 rings (SSSR count). The van der Waals surface area contributed by atoms with Crippen LogP contribution >= 0.6 is 0 Å². The maximum atomic E-state index is 12.2. The van der Waals surface area contributed by atoms with Gasteiger partial charge >= 0.3 is 6.09 Å². The highest BCUT2D eigenvalue weighted by molar-refractivity contribution is 5.67. The Morgan fingerprint density at radius 1 is 0.972 bits per heavy atom. The number of nitrogens with one attached hydrogen (secondary N) is 1. The Morgan fingerprint density at radius 3 is 2.36 bits per heavy atom. The lowest BCUT2D eigenvalue weighted by atomic mass is 9.41. The standard InChI is InChI=1S/C31H53NO4/c1-6-22-26-17-21(33)11-14-31(26,5)25-12-15-30(4)23(9-10-24(30)27(25)28(22)34)18(2)13-16-36-29(35)32-19(3)20-7-8-20/h18-28,33-34H,6-17H2,1-5H3,(H,32,35)/t18-,19+,21-,22-,23-,24+,25+,26?,27?,28-,30-,31?/m1/s1. The average molecular weight is 504 g/mol. The molecule has 5 aliphatic rings. The molecular weight excluding hydrogens is 450 g/mol. The Bertz CT molecular complexity index is 799. The molecule has 3 N–H and O–H groups in total. The Labute approximate surface area is 219 Å². The van der Waals surface area contributed by atoms with Crippen LogP contribution in [0, 0.1) is 58.2 Å². The number of ether oxygens (including phenoxy) is 1. The van der Waals surface area contributed by atoms with Gasteiger partial charge in [0.25, 0.3) is 0 Å². The molecule has 5 heteroatoms. The van der Waals surface area contributed by atoms with Crippen molar-refractivity contribution in [2.75, 3.05) is 6.61 Å². The van der Waals surface area contributed by atoms with Crippen molar-refractivity contribution in [3.8, 4) is 0 Å². The molecule has 206 valence electrons. The van der Waals surface area contributed by atoms with Gasteiger partial charge in [-0.15, -0.1) is 0 Å². The lowest BCUT2D eigenvalue weighted by Crippen LogP contribution is -2.62. The smallest absolute Gasteiger partial charge is 0.407 e. The van der Waals surface area contributed by atoms with Gasteiger partial charge in [-0.2, -0.15) is 0 Å². The predicted molar refractivity (Wildman–Crippen MR) is 142 cm³/mol. The van der Waals surface area contributed by atoms with Crippen molar-refractivity contribution in [3.05, 3.63) is 0 Å². The predicted octanol–water partition coefficient (Wildman–Crippen LogP) is 6.16. The van der Waals surface area contributed by atoms with Gasteiger partial charge in [-0.3, -0.25) is 0 Å². The summed E-state index contributed by atoms with van der Waals surface area (Å²) in [5.74, 6) is 4.12. The van der Waals surface area contributed by atoms with Gasteiger partial charge in [0.05, 0.1) is 18.8 Å². The quantitative estimate of drug-likeness (QED) is 0.388. The van der Waals surface area contributed by atoms with Gasteiger partial charge in [0.1, 0.15) is 0 Å². The fraction of sp³-hybridized carbons (Fsp3) is 0.968. The molecule has 0 aromatic rings. The SMILES string of the molecule is CC[C@@H]1C2C[C@H](O)CCC2(C)[C@H]2CC[C@]3(C)[C@@H]([C@H](C)CCOC(=O)N[C@@H](C)C4CC4)CC[C@H]3C2[C@@H]1O. The third kappa shape index (κ3) is 4.52. The minimum absolute atomic E-state index is 0.187. The van der Waals surface area contributed by atoms with E-state index in [1.807, 2.05) is 0 Å². The maximum absolute atomic E-state index is 12.2. The van der Waals surface area contributed by atoms with Crippen LogP contribution in [0.15, 0.2) is 0 Å². The summed E-state index contributed by atoms with van der Waals surface area (Å²) in [4.78, 5) is 12.2. The molecule has 5 aliphatic carbocycles. The van der Waals surface area contributed by atoms with Crippen molar-refractivity contribution in [2.24, 2.45) is 58.2 Å². The first-order chi connectivity index (χ1) is 17.1. The number of rotatable bonds is 7. The fourth-order valence-electron chi connectivity index (χ4n) is 10.4. The van der Waals surface area contributed by atoms with E-state index in [-0.39, 0.29) is 35.2 Å². The third-order valence-corrected chi connectivity index (χ3v) is 12.6. The van der Waals surface area contributed by atoms with E-state index >= 15 is 0 Å². The van der Waals surface area contributed by atoms with E-state index in [1.165, 1.54) is 38.5 Å². The lowest BCUT2D eigenvalue weighted by molar-refractivity contribution is -0.203. The molecule has 5 fully saturated rings. The van der Waals surface area contributed by atoms with Crippen LogP contribution in [0.5, 0.6) is 0 Å². The van der Waals surface area contributed by atoms with Crippen LogP contribution in [0.2, 0.25) is 0 Å². The molecule has 0 heterocycles. The summed E-state index contributed by atoms with van der Waals surface area (Å²) >= 11 is 0. The molecule has 5 saturated carbocycles. The highest BCUT2D eigenvalue weighted by Crippen LogP contribution is 2.69. The number of alkyl carbamates (subject to hydrolysis) is 1. The van der Waals surface area contributed by atoms with E-state index < -0.39 is 0 Å². The van der Waals surface area contributed by atoms with Gasteiger partial charge in [-0.1, -0.05) is 34.1 Å². The van der Waals surface area contributed by atoms with Crippen LogP contribution in [-0.2, 0) is 4.74 Å². The average Bonchev–Trinajstić information content (AvgIpc) is 3.62. The molecule has 0 radical (unpaired) electrons. The zero-order valence-electron chi connectivity index (χ0n) is 23.5. The molecule has 5 nitrogen and oxygen atoms in total. The molecule has 0 spiro atoms. The Hall–Kier alpha value is -0.810. The number of hydrogen-bond acceptors (Lipinski definition) is 4. The highest BCUT2D eigenvalue weighted by Gasteiger charge is 2.64. The number of carbonyl (C=O) groups excluding carboxylic acids is 1.